The van der Waals surface area contributed by atoms with Crippen molar-refractivity contribution in [2.24, 2.45) is 0 Å². The number of ether oxygens (including phenoxy) is 1. The Morgan fingerprint density at radius 3 is 2.87 bits per heavy atom. The third-order valence-electron chi connectivity index (χ3n) is 4.00. The molecule has 0 aromatic carbocycles. The van der Waals surface area contributed by atoms with Gasteiger partial charge in [-0.1, -0.05) is 0 Å². The van der Waals surface area contributed by atoms with E-state index >= 15 is 0 Å². The summed E-state index contributed by atoms with van der Waals surface area (Å²) in [4.78, 5) is 22.7. The molecule has 2 unspecified atom stereocenters. The molecule has 1 aromatic heterocycles. The Balaban J connectivity index is 1.94. The average Bonchev–Trinajstić information content (AvgIpc) is 2.44. The fourth-order valence-electron chi connectivity index (χ4n) is 2.83. The van der Waals surface area contributed by atoms with Gasteiger partial charge in [0.05, 0.1) is 5.69 Å². The summed E-state index contributed by atoms with van der Waals surface area (Å²) in [6.45, 7) is 11.1. The van der Waals surface area contributed by atoms with Gasteiger partial charge in [-0.2, -0.15) is 0 Å². The number of piperidine rings is 1. The SMILES string of the molecule is Cc1nccc(CNC2CCCN(C(=O)OC(C)(C)C)C2C)n1. The highest BCUT2D eigenvalue weighted by molar-refractivity contribution is 5.68. The molecule has 1 aliphatic rings. The number of nitrogens with one attached hydrogen (secondary N) is 1. The lowest BCUT2D eigenvalue weighted by atomic mass is 9.98. The Hall–Kier alpha value is -1.69. The second-order valence-electron chi connectivity index (χ2n) is 7.14. The highest BCUT2D eigenvalue weighted by atomic mass is 16.6. The Bertz CT molecular complexity index is 542. The van der Waals surface area contributed by atoms with Crippen molar-refractivity contribution in [3.05, 3.63) is 23.8 Å². The largest absolute Gasteiger partial charge is 0.444 e. The third-order valence-corrected chi connectivity index (χ3v) is 4.00. The van der Waals surface area contributed by atoms with Crippen LogP contribution in [0, 0.1) is 6.92 Å². The molecule has 0 radical (unpaired) electrons. The van der Waals surface area contributed by atoms with Gasteiger partial charge >= 0.3 is 6.09 Å². The molecule has 0 aliphatic carbocycles. The van der Waals surface area contributed by atoms with E-state index in [0.29, 0.717) is 6.54 Å². The molecule has 6 nitrogen and oxygen atoms in total. The minimum absolute atomic E-state index is 0.0986. The van der Waals surface area contributed by atoms with Crippen LogP contribution in [0.5, 0.6) is 0 Å². The minimum Gasteiger partial charge on any atom is -0.444 e. The number of rotatable bonds is 3. The predicted molar refractivity (Wildman–Crippen MR) is 89.0 cm³/mol. The van der Waals surface area contributed by atoms with E-state index in [9.17, 15) is 4.79 Å². The summed E-state index contributed by atoms with van der Waals surface area (Å²) in [6, 6.07) is 2.26. The Labute approximate surface area is 138 Å². The van der Waals surface area contributed by atoms with Gasteiger partial charge in [0.25, 0.3) is 0 Å². The molecule has 0 spiro atoms. The highest BCUT2D eigenvalue weighted by Crippen LogP contribution is 2.21. The number of carbonyl (C=O) groups excluding carboxylic acids is 1. The smallest absolute Gasteiger partial charge is 0.410 e. The number of likely N-dealkylation sites (tertiary alicyclic amines) is 1. The van der Waals surface area contributed by atoms with Crippen LogP contribution in [-0.4, -0.2) is 45.2 Å². The molecule has 0 bridgehead atoms. The standard InChI is InChI=1S/C17H28N4O2/c1-12-15(19-11-14-8-9-18-13(2)20-14)7-6-10-21(12)16(22)23-17(3,4)5/h8-9,12,15,19H,6-7,10-11H2,1-5H3. The summed E-state index contributed by atoms with van der Waals surface area (Å²) >= 11 is 0. The molecule has 2 rings (SSSR count). The van der Waals surface area contributed by atoms with Gasteiger partial charge in [0.2, 0.25) is 0 Å². The lowest BCUT2D eigenvalue weighted by Crippen LogP contribution is -2.55. The van der Waals surface area contributed by atoms with Gasteiger partial charge in [0, 0.05) is 31.4 Å². The van der Waals surface area contributed by atoms with Crippen molar-refractivity contribution >= 4 is 6.09 Å². The van der Waals surface area contributed by atoms with Crippen LogP contribution in [0.25, 0.3) is 0 Å². The van der Waals surface area contributed by atoms with Gasteiger partial charge in [0.15, 0.2) is 0 Å². The van der Waals surface area contributed by atoms with Gasteiger partial charge in [-0.3, -0.25) is 0 Å². The lowest BCUT2D eigenvalue weighted by Gasteiger charge is -2.40. The van der Waals surface area contributed by atoms with E-state index in [0.717, 1.165) is 30.9 Å². The second-order valence-corrected chi connectivity index (χ2v) is 7.14. The molecule has 128 valence electrons. The number of aromatic nitrogens is 2. The van der Waals surface area contributed by atoms with Gasteiger partial charge in [-0.25, -0.2) is 14.8 Å². The molecule has 2 heterocycles. The van der Waals surface area contributed by atoms with Gasteiger partial charge in [-0.15, -0.1) is 0 Å². The molecule has 1 aromatic rings. The predicted octanol–water partition coefficient (Wildman–Crippen LogP) is 2.66. The highest BCUT2D eigenvalue weighted by Gasteiger charge is 2.33. The van der Waals surface area contributed by atoms with Crippen molar-refractivity contribution in [2.75, 3.05) is 6.54 Å². The third kappa shape index (κ3) is 5.16. The number of carbonyl (C=O) groups is 1. The van der Waals surface area contributed by atoms with Crippen molar-refractivity contribution in [3.8, 4) is 0 Å². The first-order valence-corrected chi connectivity index (χ1v) is 8.28. The van der Waals surface area contributed by atoms with Crippen molar-refractivity contribution in [1.82, 2.24) is 20.2 Å². The summed E-state index contributed by atoms with van der Waals surface area (Å²) in [5.74, 6) is 0.774. The average molecular weight is 320 g/mol. The van der Waals surface area contributed by atoms with Gasteiger partial charge in [0.1, 0.15) is 11.4 Å². The van der Waals surface area contributed by atoms with Crippen molar-refractivity contribution in [3.63, 3.8) is 0 Å². The van der Waals surface area contributed by atoms with Gasteiger partial charge < -0.3 is 15.0 Å². The van der Waals surface area contributed by atoms with Crippen LogP contribution < -0.4 is 5.32 Å². The Kier molecular flexibility index (Phi) is 5.57. The van der Waals surface area contributed by atoms with Crippen LogP contribution >= 0.6 is 0 Å². The number of nitrogens with zero attached hydrogens (tertiary/aromatic N) is 3. The zero-order valence-corrected chi connectivity index (χ0v) is 14.8. The van der Waals surface area contributed by atoms with Gasteiger partial charge in [-0.05, 0) is 53.5 Å². The van der Waals surface area contributed by atoms with E-state index in [-0.39, 0.29) is 18.2 Å². The minimum atomic E-state index is -0.463. The maximum atomic E-state index is 12.3. The summed E-state index contributed by atoms with van der Waals surface area (Å²) in [6.07, 6.45) is 3.57. The summed E-state index contributed by atoms with van der Waals surface area (Å²) < 4.78 is 5.51. The molecular formula is C17H28N4O2. The number of hydrogen-bond acceptors (Lipinski definition) is 5. The molecule has 1 saturated heterocycles. The topological polar surface area (TPSA) is 67.4 Å². The molecule has 0 saturated carbocycles. The first-order chi connectivity index (χ1) is 10.8. The fourth-order valence-corrected chi connectivity index (χ4v) is 2.83. The first kappa shape index (κ1) is 17.7. The maximum Gasteiger partial charge on any atom is 0.410 e. The molecule has 1 fully saturated rings. The molecule has 1 N–H and O–H groups in total. The molecule has 1 aliphatic heterocycles. The Morgan fingerprint density at radius 2 is 2.22 bits per heavy atom. The van der Waals surface area contributed by atoms with E-state index in [1.807, 2.05) is 38.7 Å². The van der Waals surface area contributed by atoms with Crippen LogP contribution in [0.2, 0.25) is 0 Å². The number of aryl methyl sites for hydroxylation is 1. The maximum absolute atomic E-state index is 12.3. The first-order valence-electron chi connectivity index (χ1n) is 8.28. The van der Waals surface area contributed by atoms with Crippen molar-refractivity contribution in [2.45, 2.75) is 71.7 Å². The Morgan fingerprint density at radius 1 is 1.48 bits per heavy atom. The zero-order chi connectivity index (χ0) is 17.0. The molecular weight excluding hydrogens is 292 g/mol. The van der Waals surface area contributed by atoms with E-state index in [4.69, 9.17) is 4.74 Å². The molecule has 23 heavy (non-hydrogen) atoms. The van der Waals surface area contributed by atoms with Crippen LogP contribution in [0.1, 0.15) is 52.1 Å². The summed E-state index contributed by atoms with van der Waals surface area (Å²) in [5.41, 5.74) is 0.509. The van der Waals surface area contributed by atoms with Crippen LogP contribution in [0.15, 0.2) is 12.3 Å². The van der Waals surface area contributed by atoms with Crippen molar-refractivity contribution < 1.29 is 9.53 Å². The summed E-state index contributed by atoms with van der Waals surface area (Å²) in [7, 11) is 0. The van der Waals surface area contributed by atoms with Crippen LogP contribution in [0.3, 0.4) is 0 Å². The quantitative estimate of drug-likeness (QED) is 0.927. The van der Waals surface area contributed by atoms with Crippen molar-refractivity contribution in [1.29, 1.82) is 0 Å². The molecule has 2 atom stereocenters. The van der Waals surface area contributed by atoms with E-state index in [1.54, 1.807) is 6.20 Å². The molecule has 6 heteroatoms. The lowest BCUT2D eigenvalue weighted by molar-refractivity contribution is 0.00697. The number of hydrogen-bond donors (Lipinski definition) is 1. The normalized spacial score (nSPS) is 22.0. The van der Waals surface area contributed by atoms with E-state index < -0.39 is 5.60 Å². The van der Waals surface area contributed by atoms with Crippen LogP contribution in [-0.2, 0) is 11.3 Å². The second kappa shape index (κ2) is 7.25. The van der Waals surface area contributed by atoms with E-state index in [1.165, 1.54) is 0 Å². The zero-order valence-electron chi connectivity index (χ0n) is 14.8. The molecule has 1 amide bonds. The number of amides is 1. The van der Waals surface area contributed by atoms with Crippen LogP contribution in [0.4, 0.5) is 4.79 Å². The van der Waals surface area contributed by atoms with E-state index in [2.05, 4.69) is 22.2 Å². The summed E-state index contributed by atoms with van der Waals surface area (Å²) in [5, 5.41) is 3.52. The fraction of sp³-hybridized carbons (Fsp3) is 0.706. The monoisotopic (exact) mass is 320 g/mol.